The van der Waals surface area contributed by atoms with Crippen LogP contribution < -0.4 is 5.32 Å². The van der Waals surface area contributed by atoms with Crippen LogP contribution in [0.4, 0.5) is 26.3 Å². The second kappa shape index (κ2) is 8.83. The number of carbonyl (C=O) groups is 2. The van der Waals surface area contributed by atoms with E-state index in [1.54, 1.807) is 0 Å². The first-order valence-corrected chi connectivity index (χ1v) is 9.26. The van der Waals surface area contributed by atoms with E-state index in [9.17, 15) is 46.1 Å². The fraction of sp³-hybridized carbons (Fsp3) is 0.611. The first-order chi connectivity index (χ1) is 14.7. The van der Waals surface area contributed by atoms with Gasteiger partial charge in [-0.2, -0.15) is 26.3 Å². The van der Waals surface area contributed by atoms with E-state index in [1.165, 1.54) is 13.8 Å². The Morgan fingerprint density at radius 1 is 1.00 bits per heavy atom. The number of nitrogens with one attached hydrogen (secondary N) is 1. The molecule has 5 atom stereocenters. The predicted molar refractivity (Wildman–Crippen MR) is 92.4 cm³/mol. The van der Waals surface area contributed by atoms with Crippen molar-refractivity contribution < 1.29 is 55.6 Å². The molecule has 1 aromatic heterocycles. The Balaban J connectivity index is 2.93. The van der Waals surface area contributed by atoms with Crippen molar-refractivity contribution >= 4 is 11.9 Å². The van der Waals surface area contributed by atoms with Crippen LogP contribution in [0.15, 0.2) is 24.5 Å². The number of aromatic nitrogens is 1. The number of pyridine rings is 1. The van der Waals surface area contributed by atoms with Crippen molar-refractivity contribution in [2.24, 2.45) is 11.8 Å². The summed E-state index contributed by atoms with van der Waals surface area (Å²) in [5.74, 6) is -11.6. The molecule has 0 aliphatic carbocycles. The second-order valence-electron chi connectivity index (χ2n) is 6.92. The standard InChI is InChI=1S/C18H20F6N2O6/c1-3-31-13(27)11-10(9-6-5-7-25-8-9)12(14(28)32-4-2)16(30,18(22,23)24)26-15(11,29)17(19,20)21/h5-8,10-12,26,29-30H,3-4H2,1-2H3/t10?,11-,12+,15?,16?. The smallest absolute Gasteiger partial charge is 0.432 e. The molecule has 3 unspecified atom stereocenters. The maximum atomic E-state index is 13.9. The van der Waals surface area contributed by atoms with E-state index >= 15 is 0 Å². The maximum Gasteiger partial charge on any atom is 0.432 e. The largest absolute Gasteiger partial charge is 0.466 e. The Morgan fingerprint density at radius 3 is 1.75 bits per heavy atom. The molecule has 1 saturated heterocycles. The Morgan fingerprint density at radius 2 is 1.44 bits per heavy atom. The molecule has 0 bridgehead atoms. The summed E-state index contributed by atoms with van der Waals surface area (Å²) in [5.41, 5.74) is -9.77. The van der Waals surface area contributed by atoms with Gasteiger partial charge in [0.2, 0.25) is 11.4 Å². The van der Waals surface area contributed by atoms with Crippen LogP contribution in [0.25, 0.3) is 0 Å². The predicted octanol–water partition coefficient (Wildman–Crippen LogP) is 1.63. The van der Waals surface area contributed by atoms with Crippen molar-refractivity contribution in [2.75, 3.05) is 13.2 Å². The average Bonchev–Trinajstić information content (AvgIpc) is 2.66. The zero-order chi connectivity index (χ0) is 24.5. The Labute approximate surface area is 177 Å². The van der Waals surface area contributed by atoms with E-state index in [2.05, 4.69) is 14.5 Å². The van der Waals surface area contributed by atoms with Gasteiger partial charge in [0.1, 0.15) is 11.8 Å². The fourth-order valence-corrected chi connectivity index (χ4v) is 3.71. The summed E-state index contributed by atoms with van der Waals surface area (Å²) < 4.78 is 92.8. The van der Waals surface area contributed by atoms with E-state index in [1.807, 2.05) is 0 Å². The Kier molecular flexibility index (Phi) is 7.12. The molecule has 2 heterocycles. The second-order valence-corrected chi connectivity index (χ2v) is 6.92. The maximum absolute atomic E-state index is 13.9. The highest BCUT2D eigenvalue weighted by Gasteiger charge is 2.78. The number of esters is 2. The number of ether oxygens (including phenoxy) is 2. The number of nitrogens with zero attached hydrogens (tertiary/aromatic N) is 1. The van der Waals surface area contributed by atoms with Gasteiger partial charge in [-0.1, -0.05) is 6.07 Å². The number of halogens is 6. The summed E-state index contributed by atoms with van der Waals surface area (Å²) in [6.07, 6.45) is -9.91. The minimum atomic E-state index is -5.93. The van der Waals surface area contributed by atoms with Gasteiger partial charge in [0.05, 0.1) is 13.2 Å². The third-order valence-corrected chi connectivity index (χ3v) is 5.01. The third kappa shape index (κ3) is 4.26. The molecule has 0 aromatic carbocycles. The quantitative estimate of drug-likeness (QED) is 0.436. The minimum Gasteiger partial charge on any atom is -0.466 e. The summed E-state index contributed by atoms with van der Waals surface area (Å²) in [6.45, 7) is 1.46. The summed E-state index contributed by atoms with van der Waals surface area (Å²) in [4.78, 5) is 28.8. The molecular weight excluding hydrogens is 454 g/mol. The molecule has 8 nitrogen and oxygen atoms in total. The van der Waals surface area contributed by atoms with Gasteiger partial charge in [-0.3, -0.25) is 14.6 Å². The highest BCUT2D eigenvalue weighted by Crippen LogP contribution is 2.55. The molecule has 1 fully saturated rings. The van der Waals surface area contributed by atoms with Gasteiger partial charge in [-0.25, -0.2) is 5.32 Å². The van der Waals surface area contributed by atoms with Crippen LogP contribution in [0.3, 0.4) is 0 Å². The van der Waals surface area contributed by atoms with E-state index in [0.29, 0.717) is 5.32 Å². The number of alkyl halides is 6. The molecule has 2 rings (SSSR count). The summed E-state index contributed by atoms with van der Waals surface area (Å²) >= 11 is 0. The zero-order valence-corrected chi connectivity index (χ0v) is 16.7. The van der Waals surface area contributed by atoms with Gasteiger partial charge in [0.25, 0.3) is 0 Å². The molecule has 0 saturated carbocycles. The monoisotopic (exact) mass is 474 g/mol. The van der Waals surface area contributed by atoms with Crippen molar-refractivity contribution in [1.82, 2.24) is 10.3 Å². The summed E-state index contributed by atoms with van der Waals surface area (Å²) in [5, 5.41) is 21.6. The van der Waals surface area contributed by atoms with Crippen LogP contribution >= 0.6 is 0 Å². The van der Waals surface area contributed by atoms with Gasteiger partial charge < -0.3 is 19.7 Å². The van der Waals surface area contributed by atoms with Crippen LogP contribution in [0, 0.1) is 11.8 Å². The third-order valence-electron chi connectivity index (χ3n) is 5.01. The molecule has 32 heavy (non-hydrogen) atoms. The number of hydrogen-bond donors (Lipinski definition) is 3. The van der Waals surface area contributed by atoms with Crippen molar-refractivity contribution in [3.05, 3.63) is 30.1 Å². The number of piperidine rings is 1. The lowest BCUT2D eigenvalue weighted by molar-refractivity contribution is -0.376. The number of carbonyl (C=O) groups excluding carboxylic acids is 2. The van der Waals surface area contributed by atoms with Crippen LogP contribution in [-0.2, 0) is 19.1 Å². The molecule has 1 aliphatic heterocycles. The number of aliphatic hydroxyl groups is 2. The van der Waals surface area contributed by atoms with E-state index in [4.69, 9.17) is 0 Å². The SMILES string of the molecule is CCOC(=O)[C@@H]1C(c2cccnc2)[C@H](C(=O)OCC)C(O)(C(F)(F)F)NC1(O)C(F)(F)F. The van der Waals surface area contributed by atoms with Crippen molar-refractivity contribution in [3.63, 3.8) is 0 Å². The minimum absolute atomic E-state index is 0.476. The molecular formula is C18H20F6N2O6. The summed E-state index contributed by atoms with van der Waals surface area (Å²) in [6, 6.07) is 2.12. The van der Waals surface area contributed by atoms with E-state index in [0.717, 1.165) is 24.5 Å². The fourth-order valence-electron chi connectivity index (χ4n) is 3.71. The first kappa shape index (κ1) is 25.8. The Hall–Kier alpha value is -2.45. The topological polar surface area (TPSA) is 118 Å². The Bertz CT molecular complexity index is 787. The van der Waals surface area contributed by atoms with Crippen LogP contribution in [-0.4, -0.2) is 64.2 Å². The normalized spacial score (nSPS) is 31.1. The number of rotatable bonds is 5. The molecule has 1 aromatic rings. The lowest BCUT2D eigenvalue weighted by Crippen LogP contribution is -2.81. The van der Waals surface area contributed by atoms with Crippen molar-refractivity contribution in [1.29, 1.82) is 0 Å². The van der Waals surface area contributed by atoms with Crippen LogP contribution in [0.2, 0.25) is 0 Å². The van der Waals surface area contributed by atoms with Crippen LogP contribution in [0.1, 0.15) is 25.3 Å². The van der Waals surface area contributed by atoms with Gasteiger partial charge in [-0.15, -0.1) is 0 Å². The molecule has 14 heteroatoms. The van der Waals surface area contributed by atoms with E-state index in [-0.39, 0.29) is 0 Å². The molecule has 1 aliphatic rings. The van der Waals surface area contributed by atoms with E-state index < -0.39 is 72.3 Å². The highest BCUT2D eigenvalue weighted by molar-refractivity contribution is 5.81. The number of hydrogen-bond acceptors (Lipinski definition) is 8. The molecule has 3 N–H and O–H groups in total. The van der Waals surface area contributed by atoms with Gasteiger partial charge in [0, 0.05) is 18.3 Å². The van der Waals surface area contributed by atoms with Crippen LogP contribution in [0.5, 0.6) is 0 Å². The lowest BCUT2D eigenvalue weighted by Gasteiger charge is -2.54. The molecule has 0 radical (unpaired) electrons. The lowest BCUT2D eigenvalue weighted by atomic mass is 9.64. The average molecular weight is 474 g/mol. The molecule has 0 spiro atoms. The summed E-state index contributed by atoms with van der Waals surface area (Å²) in [7, 11) is 0. The first-order valence-electron chi connectivity index (χ1n) is 9.26. The molecule has 0 amide bonds. The van der Waals surface area contributed by atoms with Gasteiger partial charge in [-0.05, 0) is 25.5 Å². The van der Waals surface area contributed by atoms with Gasteiger partial charge >= 0.3 is 24.3 Å². The molecule has 180 valence electrons. The van der Waals surface area contributed by atoms with Crippen molar-refractivity contribution in [3.8, 4) is 0 Å². The highest BCUT2D eigenvalue weighted by atomic mass is 19.4. The zero-order valence-electron chi connectivity index (χ0n) is 16.7. The van der Waals surface area contributed by atoms with Gasteiger partial charge in [0.15, 0.2) is 0 Å². The van der Waals surface area contributed by atoms with Crippen molar-refractivity contribution in [2.45, 2.75) is 43.6 Å².